The van der Waals surface area contributed by atoms with Gasteiger partial charge < -0.3 is 11.1 Å². The van der Waals surface area contributed by atoms with Crippen LogP contribution in [0.1, 0.15) is 4.88 Å². The average Bonchev–Trinajstić information content (AvgIpc) is 2.64. The minimum Gasteiger partial charge on any atom is -0.384 e. The number of nitrogens with one attached hydrogen (secondary N) is 1. The van der Waals surface area contributed by atoms with Gasteiger partial charge in [-0.3, -0.25) is 0 Å². The summed E-state index contributed by atoms with van der Waals surface area (Å²) < 4.78 is 0.815. The molecule has 0 saturated heterocycles. The lowest BCUT2D eigenvalue weighted by Crippen LogP contribution is -2.07. The second-order valence-corrected chi connectivity index (χ2v) is 4.99. The van der Waals surface area contributed by atoms with Gasteiger partial charge in [0.1, 0.15) is 5.82 Å². The van der Waals surface area contributed by atoms with E-state index in [4.69, 9.17) is 17.3 Å². The molecule has 4 nitrogen and oxygen atoms in total. The van der Waals surface area contributed by atoms with Crippen LogP contribution >= 0.6 is 22.9 Å². The van der Waals surface area contributed by atoms with Gasteiger partial charge in [0.2, 0.25) is 5.95 Å². The summed E-state index contributed by atoms with van der Waals surface area (Å²) in [7, 11) is 0. The summed E-state index contributed by atoms with van der Waals surface area (Å²) in [5, 5.41) is 3.10. The van der Waals surface area contributed by atoms with Gasteiger partial charge in [0.15, 0.2) is 0 Å². The lowest BCUT2D eigenvalue weighted by molar-refractivity contribution is 1.00. The van der Waals surface area contributed by atoms with Gasteiger partial charge in [-0.25, -0.2) is 4.98 Å². The molecule has 0 aliphatic rings. The summed E-state index contributed by atoms with van der Waals surface area (Å²) >= 11 is 7.42. The summed E-state index contributed by atoms with van der Waals surface area (Å²) in [6, 6.07) is 5.58. The predicted octanol–water partition coefficient (Wildman–Crippen LogP) is 2.43. The van der Waals surface area contributed by atoms with E-state index in [0.717, 1.165) is 17.3 Å². The Morgan fingerprint density at radius 2 is 2.25 bits per heavy atom. The summed E-state index contributed by atoms with van der Waals surface area (Å²) in [5.74, 6) is 1.03. The Kier molecular flexibility index (Phi) is 3.58. The van der Waals surface area contributed by atoms with E-state index in [1.165, 1.54) is 4.88 Å². The van der Waals surface area contributed by atoms with Gasteiger partial charge in [-0.05, 0) is 24.6 Å². The van der Waals surface area contributed by atoms with Gasteiger partial charge >= 0.3 is 0 Å². The fraction of sp³-hybridized carbons (Fsp3) is 0.200. The number of hydrogen-bond acceptors (Lipinski definition) is 5. The van der Waals surface area contributed by atoms with E-state index < -0.39 is 0 Å². The van der Waals surface area contributed by atoms with Crippen molar-refractivity contribution in [1.82, 2.24) is 9.97 Å². The first-order chi connectivity index (χ1) is 7.74. The van der Waals surface area contributed by atoms with Crippen molar-refractivity contribution >= 4 is 34.7 Å². The molecular formula is C10H11ClN4S. The van der Waals surface area contributed by atoms with Crippen molar-refractivity contribution in [3.63, 3.8) is 0 Å². The molecule has 0 saturated carbocycles. The fourth-order valence-electron chi connectivity index (χ4n) is 1.24. The Balaban J connectivity index is 1.84. The number of anilines is 2. The highest BCUT2D eigenvalue weighted by atomic mass is 35.5. The van der Waals surface area contributed by atoms with Crippen molar-refractivity contribution in [3.05, 3.63) is 33.6 Å². The lowest BCUT2D eigenvalue weighted by Gasteiger charge is -2.03. The van der Waals surface area contributed by atoms with Crippen LogP contribution in [0.2, 0.25) is 4.34 Å². The third-order valence-corrected chi connectivity index (χ3v) is 3.25. The SMILES string of the molecule is Nc1ccnc(NCCc2ccc(Cl)s2)n1. The molecule has 0 atom stereocenters. The number of nitrogens with two attached hydrogens (primary N) is 1. The molecule has 2 aromatic heterocycles. The van der Waals surface area contributed by atoms with Crippen LogP contribution in [0, 0.1) is 0 Å². The van der Waals surface area contributed by atoms with Crippen molar-refractivity contribution in [2.24, 2.45) is 0 Å². The van der Waals surface area contributed by atoms with Crippen LogP contribution in [-0.4, -0.2) is 16.5 Å². The van der Waals surface area contributed by atoms with Crippen molar-refractivity contribution < 1.29 is 0 Å². The van der Waals surface area contributed by atoms with Gasteiger partial charge in [0.05, 0.1) is 4.34 Å². The molecule has 0 aromatic carbocycles. The molecule has 84 valence electrons. The largest absolute Gasteiger partial charge is 0.384 e. The van der Waals surface area contributed by atoms with Gasteiger partial charge in [-0.1, -0.05) is 11.6 Å². The van der Waals surface area contributed by atoms with E-state index in [1.807, 2.05) is 12.1 Å². The highest BCUT2D eigenvalue weighted by Crippen LogP contribution is 2.21. The van der Waals surface area contributed by atoms with E-state index in [9.17, 15) is 0 Å². The number of halogens is 1. The smallest absolute Gasteiger partial charge is 0.224 e. The molecule has 2 aromatic rings. The molecule has 0 fully saturated rings. The second-order valence-electron chi connectivity index (χ2n) is 3.19. The zero-order valence-electron chi connectivity index (χ0n) is 8.48. The van der Waals surface area contributed by atoms with Gasteiger partial charge in [0.25, 0.3) is 0 Å². The summed E-state index contributed by atoms with van der Waals surface area (Å²) in [6.07, 6.45) is 2.53. The molecule has 0 bridgehead atoms. The Hall–Kier alpha value is -1.33. The molecule has 6 heteroatoms. The molecule has 3 N–H and O–H groups in total. The van der Waals surface area contributed by atoms with Crippen LogP contribution in [0.15, 0.2) is 24.4 Å². The Labute approximate surface area is 102 Å². The molecule has 16 heavy (non-hydrogen) atoms. The Bertz CT molecular complexity index is 471. The van der Waals surface area contributed by atoms with Crippen LogP contribution < -0.4 is 11.1 Å². The minimum atomic E-state index is 0.469. The van der Waals surface area contributed by atoms with Crippen LogP contribution in [0.5, 0.6) is 0 Å². The zero-order valence-corrected chi connectivity index (χ0v) is 10.1. The van der Waals surface area contributed by atoms with Crippen molar-refractivity contribution in [3.8, 4) is 0 Å². The van der Waals surface area contributed by atoms with E-state index in [2.05, 4.69) is 15.3 Å². The number of aromatic nitrogens is 2. The topological polar surface area (TPSA) is 63.8 Å². The summed E-state index contributed by atoms with van der Waals surface area (Å²) in [4.78, 5) is 9.33. The maximum absolute atomic E-state index is 5.83. The van der Waals surface area contributed by atoms with Gasteiger partial charge in [0, 0.05) is 17.6 Å². The number of hydrogen-bond donors (Lipinski definition) is 2. The zero-order chi connectivity index (χ0) is 11.4. The first-order valence-electron chi connectivity index (χ1n) is 4.80. The highest BCUT2D eigenvalue weighted by molar-refractivity contribution is 7.16. The fourth-order valence-corrected chi connectivity index (χ4v) is 2.33. The summed E-state index contributed by atoms with van der Waals surface area (Å²) in [6.45, 7) is 0.764. The number of rotatable bonds is 4. The third-order valence-electron chi connectivity index (χ3n) is 1.96. The monoisotopic (exact) mass is 254 g/mol. The molecule has 0 aliphatic heterocycles. The molecule has 0 aliphatic carbocycles. The van der Waals surface area contributed by atoms with Crippen LogP contribution in [0.4, 0.5) is 11.8 Å². The van der Waals surface area contributed by atoms with Crippen molar-refractivity contribution in [2.75, 3.05) is 17.6 Å². The molecule has 0 amide bonds. The lowest BCUT2D eigenvalue weighted by atomic mass is 10.3. The molecular weight excluding hydrogens is 244 g/mol. The van der Waals surface area contributed by atoms with E-state index in [1.54, 1.807) is 23.6 Å². The van der Waals surface area contributed by atoms with Crippen molar-refractivity contribution in [1.29, 1.82) is 0 Å². The van der Waals surface area contributed by atoms with Crippen molar-refractivity contribution in [2.45, 2.75) is 6.42 Å². The Morgan fingerprint density at radius 1 is 1.38 bits per heavy atom. The maximum atomic E-state index is 5.83. The number of nitrogen functional groups attached to an aromatic ring is 1. The predicted molar refractivity (Wildman–Crippen MR) is 68.0 cm³/mol. The first kappa shape index (κ1) is 11.2. The molecule has 0 unspecified atom stereocenters. The first-order valence-corrected chi connectivity index (χ1v) is 6.00. The molecule has 0 radical (unpaired) electrons. The quantitative estimate of drug-likeness (QED) is 0.880. The van der Waals surface area contributed by atoms with E-state index >= 15 is 0 Å². The van der Waals surface area contributed by atoms with Gasteiger partial charge in [-0.2, -0.15) is 4.98 Å². The molecule has 2 heterocycles. The highest BCUT2D eigenvalue weighted by Gasteiger charge is 1.99. The van der Waals surface area contributed by atoms with E-state index in [-0.39, 0.29) is 0 Å². The average molecular weight is 255 g/mol. The Morgan fingerprint density at radius 3 is 2.94 bits per heavy atom. The molecule has 0 spiro atoms. The maximum Gasteiger partial charge on any atom is 0.224 e. The molecule has 2 rings (SSSR count). The van der Waals surface area contributed by atoms with E-state index in [0.29, 0.717) is 11.8 Å². The second kappa shape index (κ2) is 5.14. The van der Waals surface area contributed by atoms with Crippen LogP contribution in [0.3, 0.4) is 0 Å². The minimum absolute atomic E-state index is 0.469. The normalized spacial score (nSPS) is 10.3. The number of nitrogens with zero attached hydrogens (tertiary/aromatic N) is 2. The summed E-state index contributed by atoms with van der Waals surface area (Å²) in [5.41, 5.74) is 5.54. The van der Waals surface area contributed by atoms with Gasteiger partial charge in [-0.15, -0.1) is 11.3 Å². The standard InChI is InChI=1S/C10H11ClN4S/c11-8-2-1-7(16-8)3-5-13-10-14-6-4-9(12)15-10/h1-2,4,6H,3,5H2,(H3,12,13,14,15). The van der Waals surface area contributed by atoms with Crippen LogP contribution in [-0.2, 0) is 6.42 Å². The number of thiophene rings is 1. The third kappa shape index (κ3) is 3.08. The van der Waals surface area contributed by atoms with Crippen LogP contribution in [0.25, 0.3) is 0 Å².